The Balaban J connectivity index is 1.32. The number of carbonyl (C=O) groups excluding carboxylic acids is 1. The molecule has 9 heteroatoms. The summed E-state index contributed by atoms with van der Waals surface area (Å²) in [6, 6.07) is 16.7. The van der Waals surface area contributed by atoms with Crippen molar-refractivity contribution in [3.63, 3.8) is 0 Å². The largest absolute Gasteiger partial charge is 0.490 e. The predicted octanol–water partition coefficient (Wildman–Crippen LogP) is 4.86. The fourth-order valence-electron chi connectivity index (χ4n) is 4.46. The number of aryl methyl sites for hydroxylation is 1. The second-order valence-corrected chi connectivity index (χ2v) is 10.1. The molecule has 2 N–H and O–H groups in total. The summed E-state index contributed by atoms with van der Waals surface area (Å²) < 4.78 is 12.0. The van der Waals surface area contributed by atoms with E-state index in [0.29, 0.717) is 31.3 Å². The number of hydrogen-bond acceptors (Lipinski definition) is 7. The standard InChI is InChI=1S/C30H36N4O5/c1-4-38-24-9-5-6-10-25(24)39-23-8-7-19-34(20-23)29-31-18-17-26(33-29)32-27(35)16-13-21-11-14-22(15-12-21)30(2,3)28(36)37/h5-6,9-12,14-15,17-18,23H,4,7-8,13,16,19-20H2,1-3H3,(H,36,37)(H,31,32,33,35). The number of nitrogens with zero attached hydrogens (tertiary/aromatic N) is 3. The number of nitrogens with one attached hydrogen (secondary N) is 1. The van der Waals surface area contributed by atoms with Gasteiger partial charge in [0.2, 0.25) is 11.9 Å². The maximum atomic E-state index is 12.6. The molecule has 1 atom stereocenters. The van der Waals surface area contributed by atoms with Crippen molar-refractivity contribution >= 4 is 23.6 Å². The number of carbonyl (C=O) groups is 2. The minimum atomic E-state index is -0.963. The fourth-order valence-corrected chi connectivity index (χ4v) is 4.46. The highest BCUT2D eigenvalue weighted by molar-refractivity contribution is 5.90. The van der Waals surface area contributed by atoms with Gasteiger partial charge in [-0.1, -0.05) is 36.4 Å². The Kier molecular flexibility index (Phi) is 9.01. The number of aliphatic carboxylic acids is 1. The Labute approximate surface area is 229 Å². The molecule has 0 radical (unpaired) electrons. The molecule has 1 aliphatic heterocycles. The van der Waals surface area contributed by atoms with Gasteiger partial charge in [-0.3, -0.25) is 9.59 Å². The van der Waals surface area contributed by atoms with Gasteiger partial charge in [-0.15, -0.1) is 0 Å². The summed E-state index contributed by atoms with van der Waals surface area (Å²) in [6.07, 6.45) is 4.28. The van der Waals surface area contributed by atoms with Crippen molar-refractivity contribution in [1.82, 2.24) is 9.97 Å². The van der Waals surface area contributed by atoms with Crippen LogP contribution in [-0.2, 0) is 21.4 Å². The zero-order valence-electron chi connectivity index (χ0n) is 22.7. The summed E-state index contributed by atoms with van der Waals surface area (Å²) in [5.74, 6) is 1.44. The van der Waals surface area contributed by atoms with Crippen molar-refractivity contribution in [1.29, 1.82) is 0 Å². The van der Waals surface area contributed by atoms with Gasteiger partial charge in [-0.05, 0) is 69.4 Å². The number of anilines is 2. The number of amides is 1. The Morgan fingerprint density at radius 2 is 1.85 bits per heavy atom. The molecule has 3 aromatic rings. The molecule has 39 heavy (non-hydrogen) atoms. The van der Waals surface area contributed by atoms with Crippen LogP contribution in [0.5, 0.6) is 11.5 Å². The van der Waals surface area contributed by atoms with Gasteiger partial charge in [0.15, 0.2) is 11.5 Å². The highest BCUT2D eigenvalue weighted by atomic mass is 16.5. The Morgan fingerprint density at radius 1 is 1.10 bits per heavy atom. The molecular formula is C30H36N4O5. The first kappa shape index (κ1) is 27.9. The SMILES string of the molecule is CCOc1ccccc1OC1CCCN(c2nccc(NC(=O)CCc3ccc(C(C)(C)C(=O)O)cc3)n2)C1. The molecule has 1 amide bonds. The van der Waals surface area contributed by atoms with Crippen LogP contribution < -0.4 is 19.7 Å². The number of carboxylic acid groups (broad SMARTS) is 1. The van der Waals surface area contributed by atoms with E-state index >= 15 is 0 Å². The lowest BCUT2D eigenvalue weighted by molar-refractivity contribution is -0.142. The third-order valence-electron chi connectivity index (χ3n) is 6.87. The van der Waals surface area contributed by atoms with Gasteiger partial charge in [0.05, 0.1) is 18.6 Å². The van der Waals surface area contributed by atoms with Crippen LogP contribution in [0.25, 0.3) is 0 Å². The quantitative estimate of drug-likeness (QED) is 0.360. The van der Waals surface area contributed by atoms with Gasteiger partial charge >= 0.3 is 5.97 Å². The highest BCUT2D eigenvalue weighted by Gasteiger charge is 2.29. The van der Waals surface area contributed by atoms with E-state index in [0.717, 1.165) is 42.0 Å². The molecule has 2 aromatic carbocycles. The molecule has 9 nitrogen and oxygen atoms in total. The average molecular weight is 533 g/mol. The zero-order chi connectivity index (χ0) is 27.8. The molecule has 1 fully saturated rings. The molecule has 2 heterocycles. The van der Waals surface area contributed by atoms with Gasteiger partial charge in [0, 0.05) is 19.2 Å². The first-order valence-electron chi connectivity index (χ1n) is 13.4. The van der Waals surface area contributed by atoms with Crippen LogP contribution in [0.2, 0.25) is 0 Å². The molecule has 1 unspecified atom stereocenters. The average Bonchev–Trinajstić information content (AvgIpc) is 2.93. The number of rotatable bonds is 11. The van der Waals surface area contributed by atoms with Crippen LogP contribution in [0.4, 0.5) is 11.8 Å². The molecule has 1 saturated heterocycles. The van der Waals surface area contributed by atoms with Crippen molar-refractivity contribution in [2.24, 2.45) is 0 Å². The van der Waals surface area contributed by atoms with Crippen LogP contribution in [-0.4, -0.2) is 52.8 Å². The normalized spacial score (nSPS) is 15.5. The Bertz CT molecular complexity index is 1280. The van der Waals surface area contributed by atoms with Gasteiger partial charge in [0.1, 0.15) is 11.9 Å². The van der Waals surface area contributed by atoms with E-state index in [1.807, 2.05) is 55.5 Å². The summed E-state index contributed by atoms with van der Waals surface area (Å²) in [5.41, 5.74) is 0.721. The first-order chi connectivity index (χ1) is 18.8. The molecule has 1 aromatic heterocycles. The smallest absolute Gasteiger partial charge is 0.313 e. The van der Waals surface area contributed by atoms with E-state index in [4.69, 9.17) is 9.47 Å². The summed E-state index contributed by atoms with van der Waals surface area (Å²) in [6.45, 7) is 7.30. The van der Waals surface area contributed by atoms with E-state index < -0.39 is 11.4 Å². The Morgan fingerprint density at radius 3 is 2.56 bits per heavy atom. The minimum Gasteiger partial charge on any atom is -0.490 e. The number of piperidine rings is 1. The second-order valence-electron chi connectivity index (χ2n) is 10.1. The zero-order valence-corrected chi connectivity index (χ0v) is 22.7. The fraction of sp³-hybridized carbons (Fsp3) is 0.400. The molecular weight excluding hydrogens is 496 g/mol. The minimum absolute atomic E-state index is 0.0327. The second kappa shape index (κ2) is 12.6. The lowest BCUT2D eigenvalue weighted by Crippen LogP contribution is -2.42. The monoisotopic (exact) mass is 532 g/mol. The van der Waals surface area contributed by atoms with Gasteiger partial charge < -0.3 is 24.8 Å². The van der Waals surface area contributed by atoms with Crippen molar-refractivity contribution < 1.29 is 24.2 Å². The molecule has 0 bridgehead atoms. The lowest BCUT2D eigenvalue weighted by atomic mass is 9.84. The Hall–Kier alpha value is -4.14. The maximum Gasteiger partial charge on any atom is 0.313 e. The molecule has 4 rings (SSSR count). The summed E-state index contributed by atoms with van der Waals surface area (Å²) in [7, 11) is 0. The number of aromatic nitrogens is 2. The molecule has 206 valence electrons. The van der Waals surface area contributed by atoms with E-state index in [1.165, 1.54) is 0 Å². The third kappa shape index (κ3) is 7.25. The number of para-hydroxylation sites is 2. The van der Waals surface area contributed by atoms with Crippen LogP contribution in [0.1, 0.15) is 51.2 Å². The van der Waals surface area contributed by atoms with E-state index in [-0.39, 0.29) is 18.4 Å². The topological polar surface area (TPSA) is 114 Å². The van der Waals surface area contributed by atoms with Gasteiger partial charge in [-0.25, -0.2) is 4.98 Å². The summed E-state index contributed by atoms with van der Waals surface area (Å²) in [4.78, 5) is 35.2. The molecule has 0 saturated carbocycles. The van der Waals surface area contributed by atoms with Crippen LogP contribution in [0.15, 0.2) is 60.8 Å². The van der Waals surface area contributed by atoms with Crippen molar-refractivity contribution in [3.05, 3.63) is 71.9 Å². The van der Waals surface area contributed by atoms with E-state index in [9.17, 15) is 14.7 Å². The highest BCUT2D eigenvalue weighted by Crippen LogP contribution is 2.30. The van der Waals surface area contributed by atoms with Crippen molar-refractivity contribution in [2.75, 3.05) is 29.9 Å². The number of ether oxygens (including phenoxy) is 2. The predicted molar refractivity (Wildman–Crippen MR) is 150 cm³/mol. The lowest BCUT2D eigenvalue weighted by Gasteiger charge is -2.33. The number of hydrogen-bond donors (Lipinski definition) is 2. The first-order valence-corrected chi connectivity index (χ1v) is 13.4. The molecule has 0 aliphatic carbocycles. The summed E-state index contributed by atoms with van der Waals surface area (Å²) in [5, 5.41) is 12.3. The van der Waals surface area contributed by atoms with Gasteiger partial charge in [0.25, 0.3) is 0 Å². The maximum absolute atomic E-state index is 12.6. The van der Waals surface area contributed by atoms with E-state index in [1.54, 1.807) is 26.1 Å². The summed E-state index contributed by atoms with van der Waals surface area (Å²) >= 11 is 0. The van der Waals surface area contributed by atoms with Crippen LogP contribution >= 0.6 is 0 Å². The van der Waals surface area contributed by atoms with Crippen molar-refractivity contribution in [3.8, 4) is 11.5 Å². The van der Waals surface area contributed by atoms with Crippen molar-refractivity contribution in [2.45, 2.75) is 58.0 Å². The van der Waals surface area contributed by atoms with Gasteiger partial charge in [-0.2, -0.15) is 4.98 Å². The number of carboxylic acids is 1. The van der Waals surface area contributed by atoms with Crippen LogP contribution in [0, 0.1) is 0 Å². The number of benzene rings is 2. The molecule has 0 spiro atoms. The van der Waals surface area contributed by atoms with E-state index in [2.05, 4.69) is 20.2 Å². The third-order valence-corrected chi connectivity index (χ3v) is 6.87. The molecule has 1 aliphatic rings. The van der Waals surface area contributed by atoms with Crippen LogP contribution in [0.3, 0.4) is 0 Å².